The fourth-order valence-corrected chi connectivity index (χ4v) is 9.44. The van der Waals surface area contributed by atoms with Gasteiger partial charge in [0.15, 0.2) is 0 Å². The topological polar surface area (TPSA) is 125 Å². The number of hydrogen-bond acceptors (Lipinski definition) is 7. The van der Waals surface area contributed by atoms with Gasteiger partial charge in [-0.1, -0.05) is 145 Å². The van der Waals surface area contributed by atoms with Crippen LogP contribution in [0.2, 0.25) is 0 Å². The van der Waals surface area contributed by atoms with E-state index in [9.17, 15) is 0 Å². The van der Waals surface area contributed by atoms with E-state index in [4.69, 9.17) is 0 Å². The van der Waals surface area contributed by atoms with Crippen LogP contribution in [0, 0.1) is 62.3 Å². The Morgan fingerprint density at radius 3 is 1.01 bits per heavy atom. The SMILES string of the molecule is Cc1c(C(C)(C)C)cnn1C.Cc1c(C(C)(C)C)nn(C)c1C.Cc1cc(C(C)(C)C)n(C)n1.Cc1cc(C(C)(C)C)nn1C.Cc1cn(C)nc1C(C)(C)C.Cc1nn(C)c(C)c1C(C)(C)C.Cc1nn(C)cc1C(C)(C)C. The van der Waals surface area contributed by atoms with Gasteiger partial charge in [0.25, 0.3) is 0 Å². The van der Waals surface area contributed by atoms with Crippen LogP contribution in [0.15, 0.2) is 30.7 Å². The number of aromatic nitrogens is 14. The van der Waals surface area contributed by atoms with Crippen LogP contribution in [-0.4, -0.2) is 68.5 Å². The molecular formula is C65H116N14. The van der Waals surface area contributed by atoms with Crippen molar-refractivity contribution < 1.29 is 0 Å². The number of hydrogen-bond donors (Lipinski definition) is 0. The molecule has 0 saturated carbocycles. The molecule has 14 nitrogen and oxygen atoms in total. The third kappa shape index (κ3) is 21.5. The lowest BCUT2D eigenvalue weighted by Gasteiger charge is -2.19. The zero-order valence-corrected chi connectivity index (χ0v) is 57.6. The fourth-order valence-electron chi connectivity index (χ4n) is 9.44. The van der Waals surface area contributed by atoms with Crippen molar-refractivity contribution in [3.8, 4) is 0 Å². The summed E-state index contributed by atoms with van der Waals surface area (Å²) in [5.41, 5.74) is 21.3. The summed E-state index contributed by atoms with van der Waals surface area (Å²) in [7, 11) is 13.9. The molecule has 7 rings (SSSR count). The maximum atomic E-state index is 4.50. The fraction of sp³-hybridized carbons (Fsp3) is 0.677. The second-order valence-corrected chi connectivity index (χ2v) is 29.1. The maximum Gasteiger partial charge on any atom is 0.0709 e. The van der Waals surface area contributed by atoms with Gasteiger partial charge in [-0.2, -0.15) is 35.7 Å². The summed E-state index contributed by atoms with van der Waals surface area (Å²) in [5, 5.41) is 30.5. The highest BCUT2D eigenvalue weighted by atomic mass is 15.3. The van der Waals surface area contributed by atoms with Crippen LogP contribution in [0.1, 0.15) is 236 Å². The van der Waals surface area contributed by atoms with Crippen molar-refractivity contribution >= 4 is 0 Å². The van der Waals surface area contributed by atoms with Crippen LogP contribution in [-0.2, 0) is 87.2 Å². The van der Waals surface area contributed by atoms with Crippen molar-refractivity contribution in [2.75, 3.05) is 0 Å². The maximum absolute atomic E-state index is 4.50. The predicted octanol–water partition coefficient (Wildman–Crippen LogP) is 14.8. The molecule has 0 spiro atoms. The third-order valence-electron chi connectivity index (χ3n) is 13.8. The van der Waals surface area contributed by atoms with Gasteiger partial charge in [0.05, 0.1) is 40.4 Å². The summed E-state index contributed by atoms with van der Waals surface area (Å²) in [6, 6.07) is 4.28. The first-order valence-electron chi connectivity index (χ1n) is 28.3. The van der Waals surface area contributed by atoms with E-state index in [1.165, 1.54) is 67.7 Å². The summed E-state index contributed by atoms with van der Waals surface area (Å²) >= 11 is 0. The predicted molar refractivity (Wildman–Crippen MR) is 336 cm³/mol. The Morgan fingerprint density at radius 1 is 0.354 bits per heavy atom. The van der Waals surface area contributed by atoms with E-state index in [1.54, 1.807) is 0 Å². The molecule has 0 N–H and O–H groups in total. The standard InChI is InChI=1S/2C10H18N2.5C9H16N2/c1-7-9(10(3,4)5)8(2)12(6)11-7;1-7-8(2)12(6)11-9(7)10(3,4)5;1-7-8(9(2,3)4)6-11(5)10-7;1-7-8(9(2,3)4)6-10-11(7)5;1-7-6-11(5)10-8(7)9(2,3)4;1-7-6-8(9(2,3)4)10-11(7)5;1-7-6-8(9(2,3)4)11(5)10-7/h2*1-6H3;5*6H,1-5H3. The molecule has 0 saturated heterocycles. The van der Waals surface area contributed by atoms with Crippen molar-refractivity contribution in [3.05, 3.63) is 121 Å². The summed E-state index contributed by atoms with van der Waals surface area (Å²) in [6.45, 7) is 65.0. The van der Waals surface area contributed by atoms with E-state index < -0.39 is 0 Å². The minimum Gasteiger partial charge on any atom is -0.275 e. The Hall–Kier alpha value is -5.53. The van der Waals surface area contributed by atoms with Gasteiger partial charge < -0.3 is 0 Å². The van der Waals surface area contributed by atoms with Gasteiger partial charge >= 0.3 is 0 Å². The quantitative estimate of drug-likeness (QED) is 0.148. The van der Waals surface area contributed by atoms with Crippen molar-refractivity contribution in [1.82, 2.24) is 68.5 Å². The summed E-state index contributed by atoms with van der Waals surface area (Å²) < 4.78 is 13.4. The van der Waals surface area contributed by atoms with Crippen molar-refractivity contribution in [3.63, 3.8) is 0 Å². The molecular weight excluding hydrogens is 977 g/mol. The van der Waals surface area contributed by atoms with Gasteiger partial charge in [-0.15, -0.1) is 0 Å². The van der Waals surface area contributed by atoms with Crippen LogP contribution in [0.3, 0.4) is 0 Å². The normalized spacial score (nSPS) is 12.1. The lowest BCUT2D eigenvalue weighted by atomic mass is 9.85. The van der Waals surface area contributed by atoms with Crippen molar-refractivity contribution in [2.24, 2.45) is 49.3 Å². The van der Waals surface area contributed by atoms with Crippen LogP contribution >= 0.6 is 0 Å². The van der Waals surface area contributed by atoms with Gasteiger partial charge in [-0.25, -0.2) is 0 Å². The molecule has 0 aliphatic carbocycles. The van der Waals surface area contributed by atoms with Crippen LogP contribution in [0.4, 0.5) is 0 Å². The second kappa shape index (κ2) is 26.8. The van der Waals surface area contributed by atoms with E-state index in [0.29, 0.717) is 0 Å². The first-order valence-corrected chi connectivity index (χ1v) is 28.3. The summed E-state index contributed by atoms with van der Waals surface area (Å²) in [6.07, 6.45) is 6.10. The Bertz CT molecular complexity index is 2810. The first-order chi connectivity index (χ1) is 35.2. The molecule has 0 bridgehead atoms. The lowest BCUT2D eigenvalue weighted by Crippen LogP contribution is -2.16. The number of nitrogens with zero attached hydrogens (tertiary/aromatic N) is 14. The van der Waals surface area contributed by atoms with Crippen molar-refractivity contribution in [1.29, 1.82) is 0 Å². The minimum atomic E-state index is 0.163. The molecule has 0 unspecified atom stereocenters. The largest absolute Gasteiger partial charge is 0.275 e. The Kier molecular flexibility index (Phi) is 24.3. The van der Waals surface area contributed by atoms with Crippen LogP contribution in [0.5, 0.6) is 0 Å². The highest BCUT2D eigenvalue weighted by Gasteiger charge is 2.25. The molecule has 7 aromatic heterocycles. The third-order valence-corrected chi connectivity index (χ3v) is 13.8. The lowest BCUT2D eigenvalue weighted by molar-refractivity contribution is 0.522. The summed E-state index contributed by atoms with van der Waals surface area (Å²) in [5.74, 6) is 0. The molecule has 79 heavy (non-hydrogen) atoms. The zero-order valence-electron chi connectivity index (χ0n) is 57.6. The Labute approximate surface area is 482 Å². The average molecular weight is 1090 g/mol. The molecule has 0 aromatic carbocycles. The minimum absolute atomic E-state index is 0.163. The molecule has 0 fully saturated rings. The average Bonchev–Trinajstić information content (AvgIpc) is 4.12. The molecule has 0 radical (unpaired) electrons. The van der Waals surface area contributed by atoms with Gasteiger partial charge in [-0.05, 0) is 113 Å². The number of rotatable bonds is 0. The zero-order chi connectivity index (χ0) is 62.3. The Morgan fingerprint density at radius 2 is 0.835 bits per heavy atom. The van der Waals surface area contributed by atoms with Gasteiger partial charge in [-0.3, -0.25) is 32.8 Å². The molecule has 7 aromatic rings. The Balaban J connectivity index is 0.000000461. The highest BCUT2D eigenvalue weighted by Crippen LogP contribution is 2.30. The smallest absolute Gasteiger partial charge is 0.0709 e. The van der Waals surface area contributed by atoms with Gasteiger partial charge in [0.1, 0.15) is 0 Å². The van der Waals surface area contributed by atoms with E-state index in [0.717, 1.165) is 22.8 Å². The van der Waals surface area contributed by atoms with E-state index in [1.807, 2.05) is 95.2 Å². The first kappa shape index (κ1) is 71.5. The molecule has 0 aliphatic rings. The molecule has 0 aliphatic heterocycles. The second-order valence-electron chi connectivity index (χ2n) is 29.1. The van der Waals surface area contributed by atoms with E-state index in [-0.39, 0.29) is 37.9 Å². The molecule has 0 atom stereocenters. The number of aryl methyl sites for hydroxylation is 12. The van der Waals surface area contributed by atoms with Crippen molar-refractivity contribution in [2.45, 2.75) is 246 Å². The highest BCUT2D eigenvalue weighted by molar-refractivity contribution is 5.32. The molecule has 446 valence electrons. The van der Waals surface area contributed by atoms with Gasteiger partial charge in [0.2, 0.25) is 0 Å². The molecule has 0 amide bonds. The van der Waals surface area contributed by atoms with Crippen LogP contribution in [0.25, 0.3) is 0 Å². The monoisotopic (exact) mass is 1090 g/mol. The molecule has 14 heteroatoms. The van der Waals surface area contributed by atoms with Crippen LogP contribution < -0.4 is 0 Å². The van der Waals surface area contributed by atoms with E-state index in [2.05, 4.69) is 261 Å². The van der Waals surface area contributed by atoms with Gasteiger partial charge in [0, 0.05) is 117 Å². The summed E-state index contributed by atoms with van der Waals surface area (Å²) in [4.78, 5) is 0. The molecule has 7 heterocycles. The van der Waals surface area contributed by atoms with E-state index >= 15 is 0 Å².